The molecule has 2 aromatic heterocycles. The lowest BCUT2D eigenvalue weighted by Crippen LogP contribution is -2.30. The Hall–Kier alpha value is -3.81. The first-order chi connectivity index (χ1) is 15.0. The molecule has 0 bridgehead atoms. The Morgan fingerprint density at radius 1 is 0.968 bits per heavy atom. The fraction of sp³-hybridized carbons (Fsp3) is 0.261. The summed E-state index contributed by atoms with van der Waals surface area (Å²) in [5, 5.41) is 3.23. The second-order valence-corrected chi connectivity index (χ2v) is 7.50. The van der Waals surface area contributed by atoms with Crippen LogP contribution in [0.5, 0.6) is 0 Å². The quantitative estimate of drug-likeness (QED) is 0.452. The summed E-state index contributed by atoms with van der Waals surface area (Å²) < 4.78 is 0. The number of carbonyl (C=O) groups excluding carboxylic acids is 2. The predicted octanol–water partition coefficient (Wildman–Crippen LogP) is 2.94. The van der Waals surface area contributed by atoms with Crippen LogP contribution in [0, 0.1) is 13.8 Å². The molecule has 0 aliphatic carbocycles. The van der Waals surface area contributed by atoms with Crippen LogP contribution in [0.1, 0.15) is 44.8 Å². The summed E-state index contributed by atoms with van der Waals surface area (Å²) in [4.78, 5) is 49.5. The lowest BCUT2D eigenvalue weighted by molar-refractivity contribution is 0.0652. The molecule has 31 heavy (non-hydrogen) atoms. The second-order valence-electron chi connectivity index (χ2n) is 7.50. The number of rotatable bonds is 7. The van der Waals surface area contributed by atoms with Gasteiger partial charge in [-0.25, -0.2) is 9.97 Å². The molecule has 1 aliphatic heterocycles. The Bertz CT molecular complexity index is 1170. The largest absolute Gasteiger partial charge is 0.370 e. The van der Waals surface area contributed by atoms with Crippen molar-refractivity contribution in [3.8, 4) is 11.4 Å². The van der Waals surface area contributed by atoms with Gasteiger partial charge in [-0.3, -0.25) is 19.3 Å². The number of anilines is 1. The number of nitrogens with one attached hydrogen (secondary N) is 2. The van der Waals surface area contributed by atoms with Gasteiger partial charge >= 0.3 is 0 Å². The van der Waals surface area contributed by atoms with Crippen molar-refractivity contribution in [2.24, 2.45) is 0 Å². The molecule has 8 heteroatoms. The Morgan fingerprint density at radius 3 is 2.29 bits per heavy atom. The van der Waals surface area contributed by atoms with E-state index in [1.807, 2.05) is 12.1 Å². The van der Waals surface area contributed by atoms with Crippen LogP contribution in [-0.4, -0.2) is 44.8 Å². The van der Waals surface area contributed by atoms with Gasteiger partial charge in [0.25, 0.3) is 17.4 Å². The molecular formula is C23H23N5O3. The summed E-state index contributed by atoms with van der Waals surface area (Å²) in [6, 6.07) is 10.6. The van der Waals surface area contributed by atoms with Crippen molar-refractivity contribution in [2.75, 3.05) is 18.4 Å². The Labute approximate surface area is 179 Å². The maximum absolute atomic E-state index is 12.4. The van der Waals surface area contributed by atoms with E-state index in [0.29, 0.717) is 53.5 Å². The number of carbonyl (C=O) groups is 2. The standard InChI is InChI=1S/C23H23N5O3/c1-14-15(2)26-20(27-21(14)29)16-9-10-19(25-13-16)24-11-5-6-12-28-22(30)17-7-3-4-8-18(17)23(28)31/h3-4,7-10,13H,5-6,11-12H2,1-2H3,(H,24,25)(H,26,27,29). The lowest BCUT2D eigenvalue weighted by Gasteiger charge is -2.13. The molecule has 0 fully saturated rings. The van der Waals surface area contributed by atoms with Gasteiger partial charge < -0.3 is 10.3 Å². The number of pyridine rings is 1. The Morgan fingerprint density at radius 2 is 1.68 bits per heavy atom. The number of aryl methyl sites for hydroxylation is 1. The van der Waals surface area contributed by atoms with Gasteiger partial charge in [0.2, 0.25) is 0 Å². The second kappa shape index (κ2) is 8.51. The molecule has 0 unspecified atom stereocenters. The maximum Gasteiger partial charge on any atom is 0.261 e. The van der Waals surface area contributed by atoms with Crippen LogP contribution >= 0.6 is 0 Å². The summed E-state index contributed by atoms with van der Waals surface area (Å²) in [6.45, 7) is 4.60. The van der Waals surface area contributed by atoms with Crippen LogP contribution in [-0.2, 0) is 0 Å². The minimum atomic E-state index is -0.219. The molecule has 1 aliphatic rings. The molecule has 0 atom stereocenters. The summed E-state index contributed by atoms with van der Waals surface area (Å²) in [7, 11) is 0. The van der Waals surface area contributed by atoms with Crippen LogP contribution < -0.4 is 10.9 Å². The molecule has 2 N–H and O–H groups in total. The summed E-state index contributed by atoms with van der Waals surface area (Å²) in [5.74, 6) is 0.761. The van der Waals surface area contributed by atoms with E-state index in [-0.39, 0.29) is 17.4 Å². The molecule has 0 saturated heterocycles. The highest BCUT2D eigenvalue weighted by atomic mass is 16.2. The van der Waals surface area contributed by atoms with Gasteiger partial charge in [0, 0.05) is 36.1 Å². The Balaban J connectivity index is 1.27. The number of hydrogen-bond acceptors (Lipinski definition) is 6. The molecule has 4 rings (SSSR count). The molecule has 8 nitrogen and oxygen atoms in total. The zero-order chi connectivity index (χ0) is 22.0. The van der Waals surface area contributed by atoms with E-state index in [2.05, 4.69) is 20.3 Å². The lowest BCUT2D eigenvalue weighted by atomic mass is 10.1. The number of imide groups is 1. The zero-order valence-electron chi connectivity index (χ0n) is 17.4. The molecule has 3 aromatic rings. The average molecular weight is 417 g/mol. The predicted molar refractivity (Wildman–Crippen MR) is 117 cm³/mol. The van der Waals surface area contributed by atoms with E-state index in [0.717, 1.165) is 12.0 Å². The van der Waals surface area contributed by atoms with Crippen LogP contribution in [0.3, 0.4) is 0 Å². The van der Waals surface area contributed by atoms with Gasteiger partial charge in [0.1, 0.15) is 11.6 Å². The van der Waals surface area contributed by atoms with Crippen molar-refractivity contribution in [3.05, 3.63) is 75.3 Å². The molecule has 2 amide bonds. The number of nitrogens with zero attached hydrogens (tertiary/aromatic N) is 3. The molecule has 0 spiro atoms. The van der Waals surface area contributed by atoms with Crippen molar-refractivity contribution in [1.29, 1.82) is 0 Å². The first kappa shape index (κ1) is 20.5. The molecule has 158 valence electrons. The van der Waals surface area contributed by atoms with Gasteiger partial charge in [0.05, 0.1) is 11.1 Å². The van der Waals surface area contributed by atoms with Gasteiger partial charge in [-0.15, -0.1) is 0 Å². The van der Waals surface area contributed by atoms with E-state index < -0.39 is 0 Å². The monoisotopic (exact) mass is 417 g/mol. The molecule has 3 heterocycles. The zero-order valence-corrected chi connectivity index (χ0v) is 17.4. The first-order valence-corrected chi connectivity index (χ1v) is 10.2. The van der Waals surface area contributed by atoms with Crippen LogP contribution in [0.4, 0.5) is 5.82 Å². The number of fused-ring (bicyclic) bond motifs is 1. The van der Waals surface area contributed by atoms with Crippen molar-refractivity contribution in [2.45, 2.75) is 26.7 Å². The van der Waals surface area contributed by atoms with Gasteiger partial charge in [-0.2, -0.15) is 0 Å². The number of hydrogen-bond donors (Lipinski definition) is 2. The molecular weight excluding hydrogens is 394 g/mol. The van der Waals surface area contributed by atoms with E-state index in [1.54, 1.807) is 44.3 Å². The number of aromatic nitrogens is 3. The third-order valence-corrected chi connectivity index (χ3v) is 5.42. The third kappa shape index (κ3) is 4.09. The van der Waals surface area contributed by atoms with Crippen LogP contribution in [0.15, 0.2) is 47.4 Å². The number of benzene rings is 1. The normalized spacial score (nSPS) is 12.9. The first-order valence-electron chi connectivity index (χ1n) is 10.2. The summed E-state index contributed by atoms with van der Waals surface area (Å²) in [5.41, 5.74) is 2.85. The van der Waals surface area contributed by atoms with Gasteiger partial charge in [-0.05, 0) is 51.0 Å². The van der Waals surface area contributed by atoms with Crippen molar-refractivity contribution in [1.82, 2.24) is 19.9 Å². The summed E-state index contributed by atoms with van der Waals surface area (Å²) in [6.07, 6.45) is 3.14. The van der Waals surface area contributed by atoms with Crippen molar-refractivity contribution >= 4 is 17.6 Å². The highest BCUT2D eigenvalue weighted by Crippen LogP contribution is 2.22. The highest BCUT2D eigenvalue weighted by Gasteiger charge is 2.34. The van der Waals surface area contributed by atoms with Gasteiger partial charge in [-0.1, -0.05) is 12.1 Å². The average Bonchev–Trinajstić information content (AvgIpc) is 3.02. The number of unbranched alkanes of at least 4 members (excludes halogenated alkanes) is 1. The number of amides is 2. The highest BCUT2D eigenvalue weighted by molar-refractivity contribution is 6.21. The number of H-pyrrole nitrogens is 1. The van der Waals surface area contributed by atoms with Gasteiger partial charge in [0.15, 0.2) is 0 Å². The topological polar surface area (TPSA) is 108 Å². The number of aromatic amines is 1. The van der Waals surface area contributed by atoms with Crippen LogP contribution in [0.2, 0.25) is 0 Å². The van der Waals surface area contributed by atoms with Crippen molar-refractivity contribution in [3.63, 3.8) is 0 Å². The Kier molecular flexibility index (Phi) is 5.62. The SMILES string of the molecule is Cc1nc(-c2ccc(NCCCCN3C(=O)c4ccccc4C3=O)nc2)[nH]c(=O)c1C. The molecule has 0 radical (unpaired) electrons. The molecule has 1 aromatic carbocycles. The van der Waals surface area contributed by atoms with E-state index in [1.165, 1.54) is 4.90 Å². The fourth-order valence-electron chi connectivity index (χ4n) is 3.47. The molecule has 0 saturated carbocycles. The van der Waals surface area contributed by atoms with Crippen LogP contribution in [0.25, 0.3) is 11.4 Å². The summed E-state index contributed by atoms with van der Waals surface area (Å²) >= 11 is 0. The third-order valence-electron chi connectivity index (χ3n) is 5.42. The smallest absolute Gasteiger partial charge is 0.261 e. The van der Waals surface area contributed by atoms with E-state index in [4.69, 9.17) is 0 Å². The maximum atomic E-state index is 12.4. The minimum Gasteiger partial charge on any atom is -0.370 e. The minimum absolute atomic E-state index is 0.150. The van der Waals surface area contributed by atoms with E-state index >= 15 is 0 Å². The van der Waals surface area contributed by atoms with E-state index in [9.17, 15) is 14.4 Å². The van der Waals surface area contributed by atoms with Crippen molar-refractivity contribution < 1.29 is 9.59 Å². The fourth-order valence-corrected chi connectivity index (χ4v) is 3.47.